The number of anilines is 1. The van der Waals surface area contributed by atoms with Crippen LogP contribution in [0.3, 0.4) is 0 Å². The van der Waals surface area contributed by atoms with Crippen molar-refractivity contribution in [2.45, 2.75) is 32.7 Å². The normalized spacial score (nSPS) is 19.5. The van der Waals surface area contributed by atoms with E-state index in [-0.39, 0.29) is 30.3 Å². The van der Waals surface area contributed by atoms with Crippen molar-refractivity contribution in [3.63, 3.8) is 0 Å². The summed E-state index contributed by atoms with van der Waals surface area (Å²) in [5, 5.41) is 5.96. The van der Waals surface area contributed by atoms with Crippen LogP contribution in [0.4, 0.5) is 5.69 Å². The summed E-state index contributed by atoms with van der Waals surface area (Å²) in [6, 6.07) is 7.15. The second kappa shape index (κ2) is 10.5. The molecule has 30 heavy (non-hydrogen) atoms. The Bertz CT molecular complexity index is 746. The van der Waals surface area contributed by atoms with E-state index in [2.05, 4.69) is 22.5 Å². The van der Waals surface area contributed by atoms with E-state index in [0.717, 1.165) is 39.0 Å². The molecule has 1 aromatic rings. The molecule has 2 fully saturated rings. The number of likely N-dealkylation sites (N-methyl/N-ethyl adjacent to an activating group) is 1. The van der Waals surface area contributed by atoms with Gasteiger partial charge in [-0.05, 0) is 50.2 Å². The van der Waals surface area contributed by atoms with Crippen LogP contribution >= 0.6 is 0 Å². The molecule has 1 aromatic carbocycles. The maximum atomic E-state index is 13.3. The number of benzene rings is 1. The third-order valence-electron chi connectivity index (χ3n) is 5.87. The van der Waals surface area contributed by atoms with E-state index in [0.29, 0.717) is 30.9 Å². The van der Waals surface area contributed by atoms with Gasteiger partial charge in [-0.3, -0.25) is 19.3 Å². The van der Waals surface area contributed by atoms with E-state index in [1.54, 1.807) is 29.2 Å². The zero-order valence-corrected chi connectivity index (χ0v) is 18.0. The quantitative estimate of drug-likeness (QED) is 0.694. The summed E-state index contributed by atoms with van der Waals surface area (Å²) in [4.78, 5) is 43.4. The maximum Gasteiger partial charge on any atom is 0.254 e. The molecule has 8 heteroatoms. The minimum atomic E-state index is -0.154. The van der Waals surface area contributed by atoms with Crippen LogP contribution < -0.4 is 10.6 Å². The summed E-state index contributed by atoms with van der Waals surface area (Å²) < 4.78 is 0. The predicted molar refractivity (Wildman–Crippen MR) is 116 cm³/mol. The Hall–Kier alpha value is -2.45. The first kappa shape index (κ1) is 22.2. The number of amides is 3. The molecule has 1 atom stereocenters. The van der Waals surface area contributed by atoms with Crippen molar-refractivity contribution in [3.8, 4) is 0 Å². The molecule has 2 aliphatic heterocycles. The molecule has 3 rings (SSSR count). The molecule has 0 saturated carbocycles. The Morgan fingerprint density at radius 2 is 1.83 bits per heavy atom. The molecule has 0 radical (unpaired) electrons. The molecule has 8 nitrogen and oxygen atoms in total. The minimum absolute atomic E-state index is 0.000705. The first-order chi connectivity index (χ1) is 14.5. The fourth-order valence-corrected chi connectivity index (χ4v) is 4.25. The molecule has 0 aromatic heterocycles. The molecular formula is C22H33N5O3. The van der Waals surface area contributed by atoms with Crippen LogP contribution in [-0.4, -0.2) is 90.8 Å². The van der Waals surface area contributed by atoms with E-state index < -0.39 is 0 Å². The van der Waals surface area contributed by atoms with Crippen LogP contribution in [0.15, 0.2) is 24.3 Å². The van der Waals surface area contributed by atoms with Crippen LogP contribution in [0.1, 0.15) is 37.0 Å². The molecule has 3 amide bonds. The molecule has 2 saturated heterocycles. The van der Waals surface area contributed by atoms with E-state index >= 15 is 0 Å². The second-order valence-corrected chi connectivity index (χ2v) is 8.00. The van der Waals surface area contributed by atoms with Crippen LogP contribution in [0.25, 0.3) is 0 Å². The second-order valence-electron chi connectivity index (χ2n) is 8.00. The van der Waals surface area contributed by atoms with Gasteiger partial charge in [0.2, 0.25) is 11.8 Å². The Kier molecular flexibility index (Phi) is 7.81. The summed E-state index contributed by atoms with van der Waals surface area (Å²) in [5.74, 6) is -0.296. The standard InChI is InChI=1S/C22H33N5O3/c1-3-25-12-4-5-20(25)15-27(16-21(29)26-13-10-23-11-14-26)22(30)18-6-8-19(9-7-18)24-17(2)28/h6-9,20,23H,3-5,10-16H2,1-2H3,(H,24,28)/t20-/m0/s1. The first-order valence-corrected chi connectivity index (χ1v) is 10.9. The highest BCUT2D eigenvalue weighted by Crippen LogP contribution is 2.19. The van der Waals surface area contributed by atoms with Gasteiger partial charge < -0.3 is 20.4 Å². The van der Waals surface area contributed by atoms with E-state index in [1.807, 2.05) is 4.90 Å². The molecule has 0 unspecified atom stereocenters. The van der Waals surface area contributed by atoms with Gasteiger partial charge in [0.25, 0.3) is 5.91 Å². The van der Waals surface area contributed by atoms with Crippen molar-refractivity contribution in [2.24, 2.45) is 0 Å². The number of hydrogen-bond donors (Lipinski definition) is 2. The van der Waals surface area contributed by atoms with Crippen molar-refractivity contribution in [2.75, 3.05) is 57.7 Å². The highest BCUT2D eigenvalue weighted by atomic mass is 16.2. The third-order valence-corrected chi connectivity index (χ3v) is 5.87. The highest BCUT2D eigenvalue weighted by Gasteiger charge is 2.30. The van der Waals surface area contributed by atoms with Gasteiger partial charge >= 0.3 is 0 Å². The number of hydrogen-bond acceptors (Lipinski definition) is 5. The van der Waals surface area contributed by atoms with Crippen molar-refractivity contribution >= 4 is 23.4 Å². The number of piperazine rings is 1. The molecular weight excluding hydrogens is 382 g/mol. The molecule has 2 aliphatic rings. The van der Waals surface area contributed by atoms with Crippen molar-refractivity contribution < 1.29 is 14.4 Å². The van der Waals surface area contributed by atoms with E-state index in [9.17, 15) is 14.4 Å². The molecule has 0 aliphatic carbocycles. The van der Waals surface area contributed by atoms with Gasteiger partial charge in [0, 0.05) is 56.9 Å². The summed E-state index contributed by atoms with van der Waals surface area (Å²) >= 11 is 0. The van der Waals surface area contributed by atoms with Crippen molar-refractivity contribution in [1.82, 2.24) is 20.0 Å². The largest absolute Gasteiger partial charge is 0.339 e. The van der Waals surface area contributed by atoms with Crippen LogP contribution in [0.2, 0.25) is 0 Å². The average molecular weight is 416 g/mol. The lowest BCUT2D eigenvalue weighted by Gasteiger charge is -2.33. The van der Waals surface area contributed by atoms with Crippen LogP contribution in [0.5, 0.6) is 0 Å². The lowest BCUT2D eigenvalue weighted by molar-refractivity contribution is -0.132. The van der Waals surface area contributed by atoms with Gasteiger partial charge in [-0.1, -0.05) is 6.92 Å². The average Bonchev–Trinajstić information content (AvgIpc) is 3.20. The highest BCUT2D eigenvalue weighted by molar-refractivity contribution is 5.97. The zero-order chi connectivity index (χ0) is 21.5. The minimum Gasteiger partial charge on any atom is -0.339 e. The van der Waals surface area contributed by atoms with Gasteiger partial charge in [-0.15, -0.1) is 0 Å². The lowest BCUT2D eigenvalue weighted by atomic mass is 10.1. The monoisotopic (exact) mass is 415 g/mol. The molecule has 0 spiro atoms. The predicted octanol–water partition coefficient (Wildman–Crippen LogP) is 1.00. The van der Waals surface area contributed by atoms with Crippen LogP contribution in [0, 0.1) is 0 Å². The summed E-state index contributed by atoms with van der Waals surface area (Å²) in [5.41, 5.74) is 1.17. The number of rotatable bonds is 7. The topological polar surface area (TPSA) is 85.0 Å². The summed E-state index contributed by atoms with van der Waals surface area (Å²) in [7, 11) is 0. The number of likely N-dealkylation sites (tertiary alicyclic amines) is 1. The van der Waals surface area contributed by atoms with Gasteiger partial charge in [-0.2, -0.15) is 0 Å². The first-order valence-electron chi connectivity index (χ1n) is 10.9. The van der Waals surface area contributed by atoms with Gasteiger partial charge in [-0.25, -0.2) is 0 Å². The van der Waals surface area contributed by atoms with Crippen LogP contribution in [-0.2, 0) is 9.59 Å². The number of nitrogens with one attached hydrogen (secondary N) is 2. The molecule has 164 valence electrons. The van der Waals surface area contributed by atoms with Gasteiger partial charge in [0.15, 0.2) is 0 Å². The number of carbonyl (C=O) groups excluding carboxylic acids is 3. The van der Waals surface area contributed by atoms with E-state index in [1.165, 1.54) is 6.92 Å². The number of nitrogens with zero attached hydrogens (tertiary/aromatic N) is 3. The Morgan fingerprint density at radius 1 is 1.13 bits per heavy atom. The fraction of sp³-hybridized carbons (Fsp3) is 0.591. The van der Waals surface area contributed by atoms with Gasteiger partial charge in [0.05, 0.1) is 0 Å². The summed E-state index contributed by atoms with van der Waals surface area (Å²) in [6.45, 7) is 9.16. The molecule has 2 N–H and O–H groups in total. The third kappa shape index (κ3) is 5.79. The SMILES string of the molecule is CCN1CCC[C@H]1CN(CC(=O)N1CCNCC1)C(=O)c1ccc(NC(C)=O)cc1. The smallest absolute Gasteiger partial charge is 0.254 e. The van der Waals surface area contributed by atoms with Crippen molar-refractivity contribution in [3.05, 3.63) is 29.8 Å². The van der Waals surface area contributed by atoms with Crippen molar-refractivity contribution in [1.29, 1.82) is 0 Å². The van der Waals surface area contributed by atoms with E-state index in [4.69, 9.17) is 0 Å². The molecule has 2 heterocycles. The van der Waals surface area contributed by atoms with Gasteiger partial charge in [0.1, 0.15) is 6.54 Å². The Labute approximate surface area is 178 Å². The molecule has 0 bridgehead atoms. The summed E-state index contributed by atoms with van der Waals surface area (Å²) in [6.07, 6.45) is 2.17. The Balaban J connectivity index is 1.74. The zero-order valence-electron chi connectivity index (χ0n) is 18.0. The Morgan fingerprint density at radius 3 is 2.47 bits per heavy atom. The maximum absolute atomic E-state index is 13.3. The number of carbonyl (C=O) groups is 3. The lowest BCUT2D eigenvalue weighted by Crippen LogP contribution is -2.52. The fourth-order valence-electron chi connectivity index (χ4n) is 4.25.